The maximum absolute atomic E-state index is 13.2. The molecule has 0 aromatic carbocycles. The summed E-state index contributed by atoms with van der Waals surface area (Å²) in [4.78, 5) is 18.6. The third kappa shape index (κ3) is 4.62. The quantitative estimate of drug-likeness (QED) is 0.411. The molecule has 35 heavy (non-hydrogen) atoms. The first-order valence-electron chi connectivity index (χ1n) is 10.8. The lowest BCUT2D eigenvalue weighted by Gasteiger charge is -2.33. The zero-order valence-electron chi connectivity index (χ0n) is 18.9. The highest BCUT2D eigenvalue weighted by atomic mass is 32.2. The van der Waals surface area contributed by atoms with Gasteiger partial charge in [-0.25, -0.2) is 28.5 Å². The molecule has 0 N–H and O–H groups in total. The van der Waals surface area contributed by atoms with Gasteiger partial charge in [0.1, 0.15) is 11.5 Å². The molecule has 10 nitrogen and oxygen atoms in total. The molecule has 4 aromatic heterocycles. The van der Waals surface area contributed by atoms with Gasteiger partial charge in [-0.3, -0.25) is 4.40 Å². The fourth-order valence-electron chi connectivity index (χ4n) is 4.09. The van der Waals surface area contributed by atoms with E-state index < -0.39 is 23.0 Å². The van der Waals surface area contributed by atoms with E-state index in [1.54, 1.807) is 43.1 Å². The Morgan fingerprint density at radius 3 is 2.71 bits per heavy atom. The highest BCUT2D eigenvalue weighted by molar-refractivity contribution is 7.80. The van der Waals surface area contributed by atoms with Gasteiger partial charge in [-0.15, -0.1) is 0 Å². The van der Waals surface area contributed by atoms with Crippen molar-refractivity contribution in [1.82, 2.24) is 37.8 Å². The third-order valence-electron chi connectivity index (χ3n) is 5.83. The number of imidazole rings is 1. The average molecular weight is 506 g/mol. The first kappa shape index (κ1) is 23.4. The fourth-order valence-corrected chi connectivity index (χ4v) is 4.76. The SMILES string of the molecule is CN(C)S(=O)n1cc(C2CCCN(c3ccnc(-c4cnc5cnc(C(F)(F)F)cn45)n3)C2)cn1. The second-order valence-electron chi connectivity index (χ2n) is 8.38. The van der Waals surface area contributed by atoms with Crippen LogP contribution in [0.25, 0.3) is 17.2 Å². The van der Waals surface area contributed by atoms with Crippen molar-refractivity contribution >= 4 is 22.6 Å². The van der Waals surface area contributed by atoms with Gasteiger partial charge in [-0.05, 0) is 24.5 Å². The van der Waals surface area contributed by atoms with Gasteiger partial charge in [0, 0.05) is 51.7 Å². The van der Waals surface area contributed by atoms with Crippen LogP contribution in [0.5, 0.6) is 0 Å². The Morgan fingerprint density at radius 2 is 1.94 bits per heavy atom. The fraction of sp³-hybridized carbons (Fsp3) is 0.381. The summed E-state index contributed by atoms with van der Waals surface area (Å²) in [6.07, 6.45) is 5.85. The molecule has 5 heterocycles. The summed E-state index contributed by atoms with van der Waals surface area (Å²) < 4.78 is 56.1. The topological polar surface area (TPSA) is 97.3 Å². The Hall–Kier alpha value is -3.39. The van der Waals surface area contributed by atoms with Crippen molar-refractivity contribution < 1.29 is 17.4 Å². The molecule has 0 spiro atoms. The zero-order valence-corrected chi connectivity index (χ0v) is 19.7. The summed E-state index contributed by atoms with van der Waals surface area (Å²) in [7, 11) is 3.44. The molecule has 184 valence electrons. The van der Waals surface area contributed by atoms with E-state index in [4.69, 9.17) is 0 Å². The molecule has 0 saturated carbocycles. The van der Waals surface area contributed by atoms with E-state index in [0.717, 1.165) is 37.3 Å². The molecule has 0 aliphatic carbocycles. The van der Waals surface area contributed by atoms with E-state index in [-0.39, 0.29) is 17.4 Å². The monoisotopic (exact) mass is 505 g/mol. The van der Waals surface area contributed by atoms with Crippen molar-refractivity contribution in [2.75, 3.05) is 32.1 Å². The number of hydrogen-bond acceptors (Lipinski definition) is 7. The Morgan fingerprint density at radius 1 is 1.11 bits per heavy atom. The number of aromatic nitrogens is 7. The number of rotatable bonds is 5. The minimum absolute atomic E-state index is 0.172. The maximum Gasteiger partial charge on any atom is 0.434 e. The van der Waals surface area contributed by atoms with Gasteiger partial charge in [0.2, 0.25) is 11.2 Å². The minimum atomic E-state index is -4.58. The average Bonchev–Trinajstić information content (AvgIpc) is 3.50. The van der Waals surface area contributed by atoms with Crippen LogP contribution in [0.4, 0.5) is 19.0 Å². The largest absolute Gasteiger partial charge is 0.434 e. The first-order chi connectivity index (χ1) is 16.7. The molecule has 1 aliphatic rings. The van der Waals surface area contributed by atoms with Gasteiger partial charge in [-0.1, -0.05) is 0 Å². The lowest BCUT2D eigenvalue weighted by atomic mass is 9.93. The summed E-state index contributed by atoms with van der Waals surface area (Å²) in [6.45, 7) is 1.45. The van der Waals surface area contributed by atoms with Crippen LogP contribution in [-0.4, -0.2) is 69.2 Å². The predicted molar refractivity (Wildman–Crippen MR) is 123 cm³/mol. The van der Waals surface area contributed by atoms with Crippen LogP contribution in [0.1, 0.15) is 30.0 Å². The normalized spacial score (nSPS) is 17.9. The number of nitrogens with zero attached hydrogens (tertiary/aromatic N) is 9. The molecule has 0 amide bonds. The molecule has 2 atom stereocenters. The smallest absolute Gasteiger partial charge is 0.356 e. The van der Waals surface area contributed by atoms with Crippen LogP contribution < -0.4 is 4.90 Å². The number of piperidine rings is 1. The number of anilines is 1. The van der Waals surface area contributed by atoms with Crippen molar-refractivity contribution in [1.29, 1.82) is 0 Å². The number of fused-ring (bicyclic) bond motifs is 1. The van der Waals surface area contributed by atoms with Crippen molar-refractivity contribution in [2.24, 2.45) is 0 Å². The Bertz CT molecular complexity index is 1380. The summed E-state index contributed by atoms with van der Waals surface area (Å²) in [6, 6.07) is 1.78. The molecular formula is C21H22F3N9OS. The molecule has 0 radical (unpaired) electrons. The van der Waals surface area contributed by atoms with E-state index in [2.05, 4.69) is 29.9 Å². The highest BCUT2D eigenvalue weighted by Crippen LogP contribution is 2.31. The van der Waals surface area contributed by atoms with Gasteiger partial charge in [0.25, 0.3) is 0 Å². The minimum Gasteiger partial charge on any atom is -0.356 e. The number of alkyl halides is 3. The van der Waals surface area contributed by atoms with Gasteiger partial charge in [0.05, 0.1) is 18.6 Å². The Balaban J connectivity index is 1.41. The predicted octanol–water partition coefficient (Wildman–Crippen LogP) is 2.77. The van der Waals surface area contributed by atoms with Crippen LogP contribution in [0.2, 0.25) is 0 Å². The second kappa shape index (κ2) is 9.00. The standard InChI is InChI=1S/C21H22F3N9OS/c1-30(2)35(34)33-12-15(8-28-33)14-4-3-7-31(11-14)18-5-6-25-20(29-18)16-9-27-19-10-26-17(13-32(16)19)21(22,23)24/h5-6,8-10,12-14H,3-4,7,11H2,1-2H3. The van der Waals surface area contributed by atoms with E-state index in [0.29, 0.717) is 18.1 Å². The Kier molecular flexibility index (Phi) is 6.01. The molecule has 1 fully saturated rings. The van der Waals surface area contributed by atoms with E-state index >= 15 is 0 Å². The summed E-state index contributed by atoms with van der Waals surface area (Å²) in [5, 5.41) is 4.25. The molecule has 1 saturated heterocycles. The first-order valence-corrected chi connectivity index (χ1v) is 11.9. The highest BCUT2D eigenvalue weighted by Gasteiger charge is 2.33. The number of halogens is 3. The van der Waals surface area contributed by atoms with E-state index in [9.17, 15) is 17.4 Å². The van der Waals surface area contributed by atoms with Gasteiger partial charge < -0.3 is 4.90 Å². The molecule has 4 aromatic rings. The van der Waals surface area contributed by atoms with Gasteiger partial charge in [-0.2, -0.15) is 22.4 Å². The van der Waals surface area contributed by atoms with Crippen molar-refractivity contribution in [3.8, 4) is 11.5 Å². The second-order valence-corrected chi connectivity index (χ2v) is 9.95. The molecule has 0 bridgehead atoms. The zero-order chi connectivity index (χ0) is 24.7. The number of hydrogen-bond donors (Lipinski definition) is 0. The summed E-state index contributed by atoms with van der Waals surface area (Å²) in [5.41, 5.74) is 0.589. The molecule has 1 aliphatic heterocycles. The van der Waals surface area contributed by atoms with Crippen molar-refractivity contribution in [3.63, 3.8) is 0 Å². The van der Waals surface area contributed by atoms with Crippen LogP contribution >= 0.6 is 0 Å². The van der Waals surface area contributed by atoms with Crippen molar-refractivity contribution in [2.45, 2.75) is 24.9 Å². The Labute approximate surface area is 201 Å². The van der Waals surface area contributed by atoms with Crippen LogP contribution in [0, 0.1) is 0 Å². The third-order valence-corrected chi connectivity index (χ3v) is 6.97. The van der Waals surface area contributed by atoms with Gasteiger partial charge in [0.15, 0.2) is 17.2 Å². The summed E-state index contributed by atoms with van der Waals surface area (Å²) >= 11 is -1.38. The lowest BCUT2D eigenvalue weighted by Crippen LogP contribution is -2.35. The van der Waals surface area contributed by atoms with E-state index in [1.807, 2.05) is 0 Å². The van der Waals surface area contributed by atoms with E-state index in [1.165, 1.54) is 14.7 Å². The lowest BCUT2D eigenvalue weighted by molar-refractivity contribution is -0.141. The molecule has 2 unspecified atom stereocenters. The maximum atomic E-state index is 13.2. The van der Waals surface area contributed by atoms with Crippen LogP contribution in [-0.2, 0) is 17.3 Å². The molecule has 5 rings (SSSR count). The molecular weight excluding hydrogens is 483 g/mol. The molecule has 14 heteroatoms. The van der Waals surface area contributed by atoms with Crippen LogP contribution in [0.15, 0.2) is 43.2 Å². The van der Waals surface area contributed by atoms with Crippen molar-refractivity contribution in [3.05, 3.63) is 54.5 Å². The van der Waals surface area contributed by atoms with Crippen LogP contribution in [0.3, 0.4) is 0 Å². The summed E-state index contributed by atoms with van der Waals surface area (Å²) in [5.74, 6) is 1.11. The van der Waals surface area contributed by atoms with Gasteiger partial charge >= 0.3 is 6.18 Å².